The molecule has 0 atom stereocenters. The molecule has 3 aromatic heterocycles. The Morgan fingerprint density at radius 2 is 1.79 bits per heavy atom. The van der Waals surface area contributed by atoms with E-state index in [4.69, 9.17) is 5.26 Å². The molecule has 3 heterocycles. The number of carbonyl (C=O) groups is 1. The van der Waals surface area contributed by atoms with Gasteiger partial charge >= 0.3 is 0 Å². The molecule has 33 heavy (non-hydrogen) atoms. The summed E-state index contributed by atoms with van der Waals surface area (Å²) in [4.78, 5) is 25.5. The maximum atomic E-state index is 12.3. The second kappa shape index (κ2) is 10.5. The number of nitriles is 1. The second-order valence-corrected chi connectivity index (χ2v) is 7.18. The Kier molecular flexibility index (Phi) is 6.88. The highest BCUT2D eigenvalue weighted by Crippen LogP contribution is 2.15. The first-order chi connectivity index (χ1) is 16.2. The molecule has 0 bridgehead atoms. The number of benzene rings is 1. The average Bonchev–Trinajstić information content (AvgIpc) is 3.41. The summed E-state index contributed by atoms with van der Waals surface area (Å²) in [5.74, 6) is 1.45. The van der Waals surface area contributed by atoms with Gasteiger partial charge in [-0.3, -0.25) is 9.78 Å². The Morgan fingerprint density at radius 1 is 0.970 bits per heavy atom. The summed E-state index contributed by atoms with van der Waals surface area (Å²) < 4.78 is 1.87. The molecule has 0 radical (unpaired) electrons. The lowest BCUT2D eigenvalue weighted by Crippen LogP contribution is -2.29. The van der Waals surface area contributed by atoms with Crippen molar-refractivity contribution in [2.45, 2.75) is 13.1 Å². The number of nitrogens with one attached hydrogen (secondary N) is 3. The van der Waals surface area contributed by atoms with Crippen molar-refractivity contribution in [1.29, 1.82) is 5.26 Å². The SMILES string of the molecule is N#Cc1ccc(CNC(=O)CNc2cc(-n3cccc3)nc(NCc3cccnc3)n2)cc1. The molecule has 1 amide bonds. The number of aromatic nitrogens is 4. The molecule has 0 fully saturated rings. The van der Waals surface area contributed by atoms with Crippen LogP contribution in [0.2, 0.25) is 0 Å². The van der Waals surface area contributed by atoms with Gasteiger partial charge in [-0.25, -0.2) is 0 Å². The van der Waals surface area contributed by atoms with Crippen LogP contribution in [-0.2, 0) is 17.9 Å². The van der Waals surface area contributed by atoms with Gasteiger partial charge in [0.15, 0.2) is 0 Å². The molecule has 9 heteroatoms. The summed E-state index contributed by atoms with van der Waals surface area (Å²) in [6, 6.07) is 18.6. The summed E-state index contributed by atoms with van der Waals surface area (Å²) in [5, 5.41) is 18.0. The topological polar surface area (TPSA) is 121 Å². The van der Waals surface area contributed by atoms with Crippen LogP contribution in [0.25, 0.3) is 5.82 Å². The number of anilines is 2. The molecule has 9 nitrogen and oxygen atoms in total. The minimum absolute atomic E-state index is 0.0560. The van der Waals surface area contributed by atoms with Gasteiger partial charge in [-0.15, -0.1) is 0 Å². The summed E-state index contributed by atoms with van der Waals surface area (Å²) in [6.07, 6.45) is 7.28. The lowest BCUT2D eigenvalue weighted by Gasteiger charge is -2.12. The first kappa shape index (κ1) is 21.5. The maximum absolute atomic E-state index is 12.3. The second-order valence-electron chi connectivity index (χ2n) is 7.18. The Labute approximate surface area is 191 Å². The molecule has 0 aliphatic carbocycles. The molecule has 164 valence electrons. The molecule has 1 aromatic carbocycles. The number of rotatable bonds is 9. The third-order valence-electron chi connectivity index (χ3n) is 4.76. The monoisotopic (exact) mass is 438 g/mol. The lowest BCUT2D eigenvalue weighted by atomic mass is 10.1. The maximum Gasteiger partial charge on any atom is 0.239 e. The van der Waals surface area contributed by atoms with E-state index >= 15 is 0 Å². The van der Waals surface area contributed by atoms with Crippen LogP contribution in [-0.4, -0.2) is 32.0 Å². The van der Waals surface area contributed by atoms with Crippen molar-refractivity contribution in [3.05, 3.63) is 96.1 Å². The van der Waals surface area contributed by atoms with E-state index in [1.54, 1.807) is 30.6 Å². The Balaban J connectivity index is 1.39. The molecule has 0 aliphatic rings. The van der Waals surface area contributed by atoms with Crippen LogP contribution in [0.4, 0.5) is 11.8 Å². The molecule has 0 saturated carbocycles. The van der Waals surface area contributed by atoms with Gasteiger partial charge < -0.3 is 20.5 Å². The molecule has 0 aliphatic heterocycles. The van der Waals surface area contributed by atoms with Gasteiger partial charge in [0.2, 0.25) is 11.9 Å². The summed E-state index contributed by atoms with van der Waals surface area (Å²) in [5.41, 5.74) is 2.51. The van der Waals surface area contributed by atoms with E-state index in [0.29, 0.717) is 36.2 Å². The highest BCUT2D eigenvalue weighted by Gasteiger charge is 2.08. The molecule has 0 unspecified atom stereocenters. The molecule has 3 N–H and O–H groups in total. The van der Waals surface area contributed by atoms with Gasteiger partial charge in [-0.2, -0.15) is 15.2 Å². The van der Waals surface area contributed by atoms with Gasteiger partial charge in [0.25, 0.3) is 0 Å². The average molecular weight is 438 g/mol. The number of carbonyl (C=O) groups excluding carboxylic acids is 1. The molecular weight excluding hydrogens is 416 g/mol. The van der Waals surface area contributed by atoms with Crippen LogP contribution in [0.3, 0.4) is 0 Å². The van der Waals surface area contributed by atoms with Crippen LogP contribution in [0.5, 0.6) is 0 Å². The first-order valence-corrected chi connectivity index (χ1v) is 10.3. The van der Waals surface area contributed by atoms with Crippen molar-refractivity contribution in [2.75, 3.05) is 17.2 Å². The Morgan fingerprint density at radius 3 is 2.52 bits per heavy atom. The lowest BCUT2D eigenvalue weighted by molar-refractivity contribution is -0.119. The van der Waals surface area contributed by atoms with Crippen molar-refractivity contribution in [2.24, 2.45) is 0 Å². The zero-order valence-electron chi connectivity index (χ0n) is 17.8. The van der Waals surface area contributed by atoms with Crippen LogP contribution in [0.15, 0.2) is 79.4 Å². The van der Waals surface area contributed by atoms with Gasteiger partial charge in [-0.1, -0.05) is 18.2 Å². The molecule has 4 rings (SSSR count). The zero-order valence-corrected chi connectivity index (χ0v) is 17.8. The predicted molar refractivity (Wildman–Crippen MR) is 124 cm³/mol. The molecular formula is C24H22N8O. The van der Waals surface area contributed by atoms with Crippen molar-refractivity contribution < 1.29 is 4.79 Å². The van der Waals surface area contributed by atoms with Crippen molar-refractivity contribution in [3.63, 3.8) is 0 Å². The third kappa shape index (κ3) is 6.15. The fourth-order valence-corrected chi connectivity index (χ4v) is 3.04. The minimum atomic E-state index is -0.176. The number of amides is 1. The van der Waals surface area contributed by atoms with Crippen molar-refractivity contribution in [3.8, 4) is 11.9 Å². The highest BCUT2D eigenvalue weighted by atomic mass is 16.1. The largest absolute Gasteiger partial charge is 0.361 e. The number of pyridine rings is 1. The fraction of sp³-hybridized carbons (Fsp3) is 0.125. The van der Waals surface area contributed by atoms with E-state index in [1.807, 2.05) is 53.4 Å². The highest BCUT2D eigenvalue weighted by molar-refractivity contribution is 5.80. The Hall–Kier alpha value is -4.71. The van der Waals surface area contributed by atoms with Crippen LogP contribution in [0.1, 0.15) is 16.7 Å². The number of hydrogen-bond donors (Lipinski definition) is 3. The third-order valence-corrected chi connectivity index (χ3v) is 4.76. The van der Waals surface area contributed by atoms with Crippen LogP contribution < -0.4 is 16.0 Å². The van der Waals surface area contributed by atoms with Gasteiger partial charge in [-0.05, 0) is 41.5 Å². The predicted octanol–water partition coefficient (Wildman–Crippen LogP) is 2.87. The molecule has 0 spiro atoms. The van der Waals surface area contributed by atoms with Crippen molar-refractivity contribution >= 4 is 17.7 Å². The molecule has 4 aromatic rings. The first-order valence-electron chi connectivity index (χ1n) is 10.3. The number of nitrogens with zero attached hydrogens (tertiary/aromatic N) is 5. The van der Waals surface area contributed by atoms with Crippen LogP contribution >= 0.6 is 0 Å². The minimum Gasteiger partial charge on any atom is -0.361 e. The smallest absolute Gasteiger partial charge is 0.239 e. The normalized spacial score (nSPS) is 10.3. The Bertz CT molecular complexity index is 1230. The van der Waals surface area contributed by atoms with E-state index in [2.05, 4.69) is 37.0 Å². The van der Waals surface area contributed by atoms with Crippen LogP contribution in [0, 0.1) is 11.3 Å². The van der Waals surface area contributed by atoms with Crippen molar-refractivity contribution in [1.82, 2.24) is 24.8 Å². The van der Waals surface area contributed by atoms with Gasteiger partial charge in [0, 0.05) is 43.9 Å². The van der Waals surface area contributed by atoms with E-state index in [-0.39, 0.29) is 12.5 Å². The van der Waals surface area contributed by atoms with Gasteiger partial charge in [0.05, 0.1) is 18.2 Å². The zero-order chi connectivity index (χ0) is 22.9. The quantitative estimate of drug-likeness (QED) is 0.367. The summed E-state index contributed by atoms with van der Waals surface area (Å²) in [7, 11) is 0. The van der Waals surface area contributed by atoms with E-state index in [1.165, 1.54) is 0 Å². The molecule has 0 saturated heterocycles. The van der Waals surface area contributed by atoms with E-state index in [9.17, 15) is 4.79 Å². The number of hydrogen-bond acceptors (Lipinski definition) is 7. The van der Waals surface area contributed by atoms with E-state index < -0.39 is 0 Å². The standard InChI is InChI=1S/C24H22N8O/c25-13-18-5-7-19(8-6-18)15-28-23(33)17-27-21-12-22(32-10-1-2-11-32)31-24(30-21)29-16-20-4-3-9-26-14-20/h1-12,14H,15-17H2,(H,28,33)(H2,27,29,30,31). The fourth-order valence-electron chi connectivity index (χ4n) is 3.04. The summed E-state index contributed by atoms with van der Waals surface area (Å²) >= 11 is 0. The summed E-state index contributed by atoms with van der Waals surface area (Å²) in [6.45, 7) is 0.955. The van der Waals surface area contributed by atoms with E-state index in [0.717, 1.165) is 11.1 Å². The van der Waals surface area contributed by atoms with Gasteiger partial charge in [0.1, 0.15) is 11.6 Å².